The molecule has 2 rings (SSSR count). The second kappa shape index (κ2) is 10.4. The third-order valence-electron chi connectivity index (χ3n) is 4.75. The monoisotopic (exact) mass is 378 g/mol. The lowest BCUT2D eigenvalue weighted by molar-refractivity contribution is -0.135. The van der Waals surface area contributed by atoms with E-state index in [1.54, 1.807) is 11.9 Å². The molecule has 6 nitrogen and oxygen atoms in total. The molecule has 1 aliphatic heterocycles. The van der Waals surface area contributed by atoms with Crippen LogP contribution in [0, 0.1) is 11.3 Å². The molecule has 0 aliphatic carbocycles. The number of para-hydroxylation sites is 1. The maximum absolute atomic E-state index is 12.4. The third kappa shape index (κ3) is 5.87. The van der Waals surface area contributed by atoms with Crippen LogP contribution in [0.1, 0.15) is 13.3 Å². The molecule has 7 heteroatoms. The van der Waals surface area contributed by atoms with E-state index in [0.717, 1.165) is 32.7 Å². The molecule has 26 heavy (non-hydrogen) atoms. The van der Waals surface area contributed by atoms with Crippen molar-refractivity contribution in [2.75, 3.05) is 52.9 Å². The van der Waals surface area contributed by atoms with Gasteiger partial charge in [-0.15, -0.1) is 0 Å². The Balaban J connectivity index is 1.70. The number of rotatable bonds is 8. The van der Waals surface area contributed by atoms with Gasteiger partial charge in [-0.1, -0.05) is 23.7 Å². The second-order valence-electron chi connectivity index (χ2n) is 6.50. The number of ether oxygens (including phenoxy) is 1. The zero-order chi connectivity index (χ0) is 18.9. The molecule has 1 amide bonds. The van der Waals surface area contributed by atoms with Crippen LogP contribution in [0.15, 0.2) is 24.3 Å². The van der Waals surface area contributed by atoms with Crippen LogP contribution in [0.2, 0.25) is 5.02 Å². The first kappa shape index (κ1) is 20.5. The van der Waals surface area contributed by atoms with Crippen molar-refractivity contribution in [1.82, 2.24) is 14.7 Å². The van der Waals surface area contributed by atoms with E-state index in [1.165, 1.54) is 0 Å². The molecule has 1 heterocycles. The number of benzene rings is 1. The zero-order valence-corrected chi connectivity index (χ0v) is 16.3. The molecule has 0 radical (unpaired) electrons. The lowest BCUT2D eigenvalue weighted by atomic mass is 10.2. The maximum Gasteiger partial charge on any atom is 0.239 e. The second-order valence-corrected chi connectivity index (χ2v) is 6.91. The van der Waals surface area contributed by atoms with Crippen molar-refractivity contribution in [3.05, 3.63) is 29.3 Å². The van der Waals surface area contributed by atoms with Crippen molar-refractivity contribution in [2.45, 2.75) is 19.4 Å². The fraction of sp³-hybridized carbons (Fsp3) is 0.579. The minimum atomic E-state index is -0.153. The molecular weight excluding hydrogens is 352 g/mol. The third-order valence-corrected chi connectivity index (χ3v) is 5.06. The molecule has 1 aromatic rings. The first-order valence-corrected chi connectivity index (χ1v) is 9.36. The molecule has 0 N–H and O–H groups in total. The number of likely N-dealkylation sites (N-methyl/N-ethyl adjacent to an activating group) is 1. The summed E-state index contributed by atoms with van der Waals surface area (Å²) in [6.07, 6.45) is 0.369. The summed E-state index contributed by atoms with van der Waals surface area (Å²) in [5.41, 5.74) is 0. The zero-order valence-electron chi connectivity index (χ0n) is 15.5. The number of halogens is 1. The van der Waals surface area contributed by atoms with Crippen molar-refractivity contribution >= 4 is 17.5 Å². The van der Waals surface area contributed by atoms with Crippen LogP contribution in [0.3, 0.4) is 0 Å². The minimum absolute atomic E-state index is 0.0794. The van der Waals surface area contributed by atoms with Crippen LogP contribution in [0.25, 0.3) is 0 Å². The molecular formula is C19H27ClN4O2. The smallest absolute Gasteiger partial charge is 0.239 e. The summed E-state index contributed by atoms with van der Waals surface area (Å²) in [7, 11) is 1.76. The van der Waals surface area contributed by atoms with Gasteiger partial charge in [-0.25, -0.2) is 0 Å². The van der Waals surface area contributed by atoms with Gasteiger partial charge in [0.1, 0.15) is 12.4 Å². The van der Waals surface area contributed by atoms with Gasteiger partial charge in [0.15, 0.2) is 0 Å². The molecule has 0 bridgehead atoms. The van der Waals surface area contributed by atoms with Gasteiger partial charge in [-0.05, 0) is 19.1 Å². The predicted molar refractivity (Wildman–Crippen MR) is 102 cm³/mol. The van der Waals surface area contributed by atoms with Crippen LogP contribution in [-0.4, -0.2) is 79.6 Å². The molecule has 0 spiro atoms. The fourth-order valence-corrected chi connectivity index (χ4v) is 3.21. The van der Waals surface area contributed by atoms with Crippen molar-refractivity contribution < 1.29 is 9.53 Å². The van der Waals surface area contributed by atoms with Crippen molar-refractivity contribution in [1.29, 1.82) is 5.26 Å². The Kier molecular flexibility index (Phi) is 8.17. The minimum Gasteiger partial charge on any atom is -0.491 e. The van der Waals surface area contributed by atoms with Gasteiger partial charge in [0.05, 0.1) is 23.6 Å². The largest absolute Gasteiger partial charge is 0.491 e. The number of nitriles is 1. The maximum atomic E-state index is 12.4. The number of carbonyl (C=O) groups excluding carboxylic acids is 1. The molecule has 1 unspecified atom stereocenters. The van der Waals surface area contributed by atoms with Gasteiger partial charge in [0, 0.05) is 46.3 Å². The lowest BCUT2D eigenvalue weighted by Crippen LogP contribution is -2.54. The first-order valence-electron chi connectivity index (χ1n) is 8.98. The van der Waals surface area contributed by atoms with E-state index in [1.807, 2.05) is 31.2 Å². The van der Waals surface area contributed by atoms with E-state index < -0.39 is 0 Å². The highest BCUT2D eigenvalue weighted by molar-refractivity contribution is 6.32. The fourth-order valence-electron chi connectivity index (χ4n) is 3.02. The molecule has 1 saturated heterocycles. The molecule has 1 fully saturated rings. The Morgan fingerprint density at radius 1 is 1.35 bits per heavy atom. The Labute approximate surface area is 160 Å². The predicted octanol–water partition coefficient (Wildman–Crippen LogP) is 2.10. The lowest BCUT2D eigenvalue weighted by Gasteiger charge is -2.38. The average Bonchev–Trinajstić information content (AvgIpc) is 2.67. The Bertz CT molecular complexity index is 626. The molecule has 0 saturated carbocycles. The van der Waals surface area contributed by atoms with E-state index in [4.69, 9.17) is 21.6 Å². The summed E-state index contributed by atoms with van der Waals surface area (Å²) in [6.45, 7) is 7.38. The van der Waals surface area contributed by atoms with Crippen molar-refractivity contribution in [2.24, 2.45) is 0 Å². The highest BCUT2D eigenvalue weighted by Crippen LogP contribution is 2.22. The van der Waals surface area contributed by atoms with Crippen LogP contribution < -0.4 is 4.74 Å². The Hall–Kier alpha value is -1.81. The molecule has 1 atom stereocenters. The topological polar surface area (TPSA) is 59.8 Å². The standard InChI is InChI=1S/C19H27ClN4O2/c1-16(19(25)22(2)9-5-8-21)24-12-10-23(11-13-24)14-15-26-18-7-4-3-6-17(18)20/h3-4,6-7,16H,5,9-15H2,1-2H3. The molecule has 1 aromatic carbocycles. The Morgan fingerprint density at radius 2 is 2.04 bits per heavy atom. The van der Waals surface area contributed by atoms with Crippen LogP contribution in [0.5, 0.6) is 5.75 Å². The van der Waals surface area contributed by atoms with Crippen LogP contribution >= 0.6 is 11.6 Å². The van der Waals surface area contributed by atoms with Crippen LogP contribution in [-0.2, 0) is 4.79 Å². The number of piperazine rings is 1. The molecule has 1 aliphatic rings. The number of nitrogens with zero attached hydrogens (tertiary/aromatic N) is 4. The van der Waals surface area contributed by atoms with Crippen molar-refractivity contribution in [3.8, 4) is 11.8 Å². The van der Waals surface area contributed by atoms with Crippen LogP contribution in [0.4, 0.5) is 0 Å². The summed E-state index contributed by atoms with van der Waals surface area (Å²) in [4.78, 5) is 18.6. The van der Waals surface area contributed by atoms with E-state index in [9.17, 15) is 4.79 Å². The van der Waals surface area contributed by atoms with E-state index in [-0.39, 0.29) is 11.9 Å². The summed E-state index contributed by atoms with van der Waals surface area (Å²) in [5, 5.41) is 9.28. The summed E-state index contributed by atoms with van der Waals surface area (Å²) >= 11 is 6.09. The molecule has 142 valence electrons. The van der Waals surface area contributed by atoms with E-state index in [2.05, 4.69) is 15.9 Å². The molecule has 0 aromatic heterocycles. The summed E-state index contributed by atoms with van der Waals surface area (Å²) in [6, 6.07) is 9.41. The van der Waals surface area contributed by atoms with Gasteiger partial charge in [0.25, 0.3) is 0 Å². The first-order chi connectivity index (χ1) is 12.5. The number of amides is 1. The highest BCUT2D eigenvalue weighted by Gasteiger charge is 2.27. The van der Waals surface area contributed by atoms with E-state index >= 15 is 0 Å². The van der Waals surface area contributed by atoms with Gasteiger partial charge < -0.3 is 9.64 Å². The van der Waals surface area contributed by atoms with Crippen molar-refractivity contribution in [3.63, 3.8) is 0 Å². The summed E-state index contributed by atoms with van der Waals surface area (Å²) in [5.74, 6) is 0.795. The Morgan fingerprint density at radius 3 is 2.69 bits per heavy atom. The van der Waals surface area contributed by atoms with E-state index in [0.29, 0.717) is 30.3 Å². The average molecular weight is 379 g/mol. The van der Waals surface area contributed by atoms with Gasteiger partial charge in [0.2, 0.25) is 5.91 Å². The number of hydrogen-bond donors (Lipinski definition) is 0. The quantitative estimate of drug-likeness (QED) is 0.693. The normalized spacial score (nSPS) is 16.7. The SMILES string of the molecule is CC(C(=O)N(C)CCC#N)N1CCN(CCOc2ccccc2Cl)CC1. The number of hydrogen-bond acceptors (Lipinski definition) is 5. The highest BCUT2D eigenvalue weighted by atomic mass is 35.5. The van der Waals surface area contributed by atoms with Gasteiger partial charge >= 0.3 is 0 Å². The number of carbonyl (C=O) groups is 1. The van der Waals surface area contributed by atoms with Gasteiger partial charge in [-0.3, -0.25) is 14.6 Å². The van der Waals surface area contributed by atoms with Gasteiger partial charge in [-0.2, -0.15) is 5.26 Å². The summed E-state index contributed by atoms with van der Waals surface area (Å²) < 4.78 is 5.75.